The van der Waals surface area contributed by atoms with Crippen LogP contribution in [0.5, 0.6) is 0 Å². The summed E-state index contributed by atoms with van der Waals surface area (Å²) in [6.45, 7) is 4.10. The SMILES string of the molecule is O=C(Nc1ccccc1CN1CCOCC1)C1CC1c1ccccc1F. The molecule has 26 heavy (non-hydrogen) atoms. The Hall–Kier alpha value is -2.24. The van der Waals surface area contributed by atoms with Crippen LogP contribution in [-0.4, -0.2) is 37.1 Å². The number of carbonyl (C=O) groups is 1. The molecule has 1 saturated carbocycles. The van der Waals surface area contributed by atoms with Crippen molar-refractivity contribution in [2.45, 2.75) is 18.9 Å². The number of nitrogens with one attached hydrogen (secondary N) is 1. The van der Waals surface area contributed by atoms with Gasteiger partial charge in [-0.05, 0) is 35.6 Å². The zero-order valence-corrected chi connectivity index (χ0v) is 14.7. The number of nitrogens with zero attached hydrogens (tertiary/aromatic N) is 1. The monoisotopic (exact) mass is 354 g/mol. The lowest BCUT2D eigenvalue weighted by Gasteiger charge is -2.27. The maximum atomic E-state index is 13.9. The van der Waals surface area contributed by atoms with E-state index in [4.69, 9.17) is 4.74 Å². The van der Waals surface area contributed by atoms with E-state index in [9.17, 15) is 9.18 Å². The highest BCUT2D eigenvalue weighted by Crippen LogP contribution is 2.48. The summed E-state index contributed by atoms with van der Waals surface area (Å²) in [5.74, 6) is -0.404. The number of halogens is 1. The Bertz CT molecular complexity index is 789. The topological polar surface area (TPSA) is 41.6 Å². The number of benzene rings is 2. The van der Waals surface area contributed by atoms with Gasteiger partial charge in [-0.3, -0.25) is 9.69 Å². The van der Waals surface area contributed by atoms with E-state index in [1.807, 2.05) is 30.3 Å². The molecule has 0 aromatic heterocycles. The zero-order chi connectivity index (χ0) is 17.9. The van der Waals surface area contributed by atoms with Gasteiger partial charge in [0.05, 0.1) is 13.2 Å². The van der Waals surface area contributed by atoms with E-state index in [2.05, 4.69) is 10.2 Å². The summed E-state index contributed by atoms with van der Waals surface area (Å²) in [7, 11) is 0. The molecule has 1 N–H and O–H groups in total. The van der Waals surface area contributed by atoms with Gasteiger partial charge in [0.15, 0.2) is 0 Å². The summed E-state index contributed by atoms with van der Waals surface area (Å²) in [6, 6.07) is 14.6. The van der Waals surface area contributed by atoms with Crippen LogP contribution in [-0.2, 0) is 16.1 Å². The largest absolute Gasteiger partial charge is 0.379 e. The van der Waals surface area contributed by atoms with E-state index in [1.54, 1.807) is 12.1 Å². The molecule has 0 bridgehead atoms. The molecule has 2 aromatic rings. The van der Waals surface area contributed by atoms with Gasteiger partial charge < -0.3 is 10.1 Å². The molecule has 0 radical (unpaired) electrons. The van der Waals surface area contributed by atoms with Crippen LogP contribution in [0.4, 0.5) is 10.1 Å². The van der Waals surface area contributed by atoms with Crippen molar-refractivity contribution in [1.82, 2.24) is 4.90 Å². The Morgan fingerprint density at radius 3 is 2.65 bits per heavy atom. The van der Waals surface area contributed by atoms with Gasteiger partial charge in [0, 0.05) is 31.2 Å². The summed E-state index contributed by atoms with van der Waals surface area (Å²) < 4.78 is 19.3. The molecule has 1 aliphatic heterocycles. The van der Waals surface area contributed by atoms with Gasteiger partial charge in [-0.25, -0.2) is 4.39 Å². The zero-order valence-electron chi connectivity index (χ0n) is 14.7. The van der Waals surface area contributed by atoms with Crippen molar-refractivity contribution in [3.8, 4) is 0 Å². The van der Waals surface area contributed by atoms with Gasteiger partial charge in [0.2, 0.25) is 5.91 Å². The van der Waals surface area contributed by atoms with Crippen molar-refractivity contribution in [3.05, 3.63) is 65.5 Å². The van der Waals surface area contributed by atoms with Crippen molar-refractivity contribution < 1.29 is 13.9 Å². The minimum Gasteiger partial charge on any atom is -0.379 e. The number of hydrogen-bond acceptors (Lipinski definition) is 3. The summed E-state index contributed by atoms with van der Waals surface area (Å²) in [5, 5.41) is 3.06. The first-order valence-corrected chi connectivity index (χ1v) is 9.15. The van der Waals surface area contributed by atoms with E-state index in [0.717, 1.165) is 44.1 Å². The lowest BCUT2D eigenvalue weighted by atomic mass is 10.1. The Balaban J connectivity index is 1.41. The van der Waals surface area contributed by atoms with E-state index in [0.29, 0.717) is 12.0 Å². The normalized spacial score (nSPS) is 22.8. The van der Waals surface area contributed by atoms with Crippen LogP contribution in [0.1, 0.15) is 23.5 Å². The van der Waals surface area contributed by atoms with Crippen LogP contribution in [0.25, 0.3) is 0 Å². The van der Waals surface area contributed by atoms with Crippen LogP contribution in [0, 0.1) is 11.7 Å². The first-order valence-electron chi connectivity index (χ1n) is 9.15. The van der Waals surface area contributed by atoms with E-state index in [1.165, 1.54) is 6.07 Å². The van der Waals surface area contributed by atoms with Gasteiger partial charge in [0.1, 0.15) is 5.82 Å². The lowest BCUT2D eigenvalue weighted by Crippen LogP contribution is -2.35. The molecular formula is C21H23FN2O2. The number of carbonyl (C=O) groups excluding carboxylic acids is 1. The molecule has 2 atom stereocenters. The second-order valence-corrected chi connectivity index (χ2v) is 7.01. The average molecular weight is 354 g/mol. The smallest absolute Gasteiger partial charge is 0.228 e. The molecule has 4 rings (SSSR count). The van der Waals surface area contributed by atoms with Crippen LogP contribution < -0.4 is 5.32 Å². The van der Waals surface area contributed by atoms with Crippen molar-refractivity contribution in [2.75, 3.05) is 31.6 Å². The molecule has 2 fully saturated rings. The third-order valence-electron chi connectivity index (χ3n) is 5.20. The summed E-state index contributed by atoms with van der Waals surface area (Å²) in [5.41, 5.74) is 2.60. The average Bonchev–Trinajstić information content (AvgIpc) is 3.45. The van der Waals surface area contributed by atoms with E-state index in [-0.39, 0.29) is 23.6 Å². The molecule has 2 aromatic carbocycles. The fourth-order valence-electron chi connectivity index (χ4n) is 3.61. The number of amides is 1. The molecular weight excluding hydrogens is 331 g/mol. The number of para-hydroxylation sites is 1. The first kappa shape index (κ1) is 17.2. The number of rotatable bonds is 5. The summed E-state index contributed by atoms with van der Waals surface area (Å²) in [6.07, 6.45) is 0.707. The predicted octanol–water partition coefficient (Wildman–Crippen LogP) is 3.40. The quantitative estimate of drug-likeness (QED) is 0.895. The summed E-state index contributed by atoms with van der Waals surface area (Å²) >= 11 is 0. The van der Waals surface area contributed by atoms with E-state index >= 15 is 0 Å². The van der Waals surface area contributed by atoms with Gasteiger partial charge in [-0.1, -0.05) is 36.4 Å². The highest BCUT2D eigenvalue weighted by atomic mass is 19.1. The third-order valence-corrected chi connectivity index (χ3v) is 5.20. The molecule has 0 spiro atoms. The van der Waals surface area contributed by atoms with Crippen molar-refractivity contribution in [1.29, 1.82) is 0 Å². The molecule has 136 valence electrons. The summed E-state index contributed by atoms with van der Waals surface area (Å²) in [4.78, 5) is 15.0. The van der Waals surface area contributed by atoms with Crippen molar-refractivity contribution >= 4 is 11.6 Å². The Morgan fingerprint density at radius 2 is 1.85 bits per heavy atom. The van der Waals surface area contributed by atoms with Crippen LogP contribution in [0.3, 0.4) is 0 Å². The Morgan fingerprint density at radius 1 is 1.12 bits per heavy atom. The van der Waals surface area contributed by atoms with Gasteiger partial charge in [-0.2, -0.15) is 0 Å². The second kappa shape index (κ2) is 7.56. The predicted molar refractivity (Wildman–Crippen MR) is 98.4 cm³/mol. The molecule has 1 aliphatic carbocycles. The van der Waals surface area contributed by atoms with E-state index < -0.39 is 0 Å². The minimum absolute atomic E-state index is 0.0115. The minimum atomic E-state index is -0.222. The van der Waals surface area contributed by atoms with Crippen molar-refractivity contribution in [2.24, 2.45) is 5.92 Å². The molecule has 1 heterocycles. The molecule has 2 aliphatic rings. The fraction of sp³-hybridized carbons (Fsp3) is 0.381. The number of hydrogen-bond donors (Lipinski definition) is 1. The number of anilines is 1. The number of morpholine rings is 1. The Labute approximate surface area is 153 Å². The Kier molecular flexibility index (Phi) is 5.00. The second-order valence-electron chi connectivity index (χ2n) is 7.01. The van der Waals surface area contributed by atoms with Crippen LogP contribution in [0.2, 0.25) is 0 Å². The van der Waals surface area contributed by atoms with Gasteiger partial charge >= 0.3 is 0 Å². The molecule has 1 amide bonds. The fourth-order valence-corrected chi connectivity index (χ4v) is 3.61. The maximum absolute atomic E-state index is 13.9. The highest BCUT2D eigenvalue weighted by Gasteiger charge is 2.45. The molecule has 5 heteroatoms. The molecule has 2 unspecified atom stereocenters. The van der Waals surface area contributed by atoms with Crippen molar-refractivity contribution in [3.63, 3.8) is 0 Å². The lowest BCUT2D eigenvalue weighted by molar-refractivity contribution is -0.117. The third kappa shape index (κ3) is 3.79. The highest BCUT2D eigenvalue weighted by molar-refractivity contribution is 5.95. The molecule has 4 nitrogen and oxygen atoms in total. The maximum Gasteiger partial charge on any atom is 0.228 e. The van der Waals surface area contributed by atoms with Crippen LogP contribution in [0.15, 0.2) is 48.5 Å². The van der Waals surface area contributed by atoms with Gasteiger partial charge in [-0.15, -0.1) is 0 Å². The van der Waals surface area contributed by atoms with Gasteiger partial charge in [0.25, 0.3) is 0 Å². The van der Waals surface area contributed by atoms with Crippen LogP contribution >= 0.6 is 0 Å². The standard InChI is InChI=1S/C21H23FN2O2/c22-19-7-3-2-6-16(19)17-13-18(17)21(25)23-20-8-4-1-5-15(20)14-24-9-11-26-12-10-24/h1-8,17-18H,9-14H2,(H,23,25). The number of ether oxygens (including phenoxy) is 1. The molecule has 1 saturated heterocycles. The first-order chi connectivity index (χ1) is 12.7.